The first-order valence-electron chi connectivity index (χ1n) is 6.82. The standard InChI is InChI=1S/C13H22N2O3/c1-10-4-7-14(8-5-10)12(16)9-15-6-2-3-11(15)13(17)18/h10-11H,2-9H2,1H3,(H,17,18). The summed E-state index contributed by atoms with van der Waals surface area (Å²) in [7, 11) is 0. The Kier molecular flexibility index (Phi) is 4.22. The van der Waals surface area contributed by atoms with Gasteiger partial charge in [-0.2, -0.15) is 0 Å². The summed E-state index contributed by atoms with van der Waals surface area (Å²) in [6, 6.07) is -0.460. The first-order valence-corrected chi connectivity index (χ1v) is 6.82. The van der Waals surface area contributed by atoms with E-state index < -0.39 is 12.0 Å². The summed E-state index contributed by atoms with van der Waals surface area (Å²) in [6.07, 6.45) is 3.67. The SMILES string of the molecule is CC1CCN(C(=O)CN2CCCC2C(=O)O)CC1. The Labute approximate surface area is 108 Å². The Bertz CT molecular complexity index is 324. The average molecular weight is 254 g/mol. The van der Waals surface area contributed by atoms with Crippen LogP contribution in [0.5, 0.6) is 0 Å². The Hall–Kier alpha value is -1.10. The molecule has 0 saturated carbocycles. The average Bonchev–Trinajstić information content (AvgIpc) is 2.78. The third-order valence-electron chi connectivity index (χ3n) is 4.12. The molecule has 0 aromatic carbocycles. The lowest BCUT2D eigenvalue weighted by molar-refractivity contribution is -0.143. The lowest BCUT2D eigenvalue weighted by atomic mass is 9.99. The van der Waals surface area contributed by atoms with Crippen molar-refractivity contribution in [2.75, 3.05) is 26.2 Å². The molecule has 5 nitrogen and oxygen atoms in total. The summed E-state index contributed by atoms with van der Waals surface area (Å²) >= 11 is 0. The van der Waals surface area contributed by atoms with Crippen LogP contribution < -0.4 is 0 Å². The smallest absolute Gasteiger partial charge is 0.320 e. The Morgan fingerprint density at radius 2 is 1.83 bits per heavy atom. The molecule has 1 atom stereocenters. The number of carbonyl (C=O) groups is 2. The van der Waals surface area contributed by atoms with Crippen molar-refractivity contribution in [3.8, 4) is 0 Å². The topological polar surface area (TPSA) is 60.9 Å². The van der Waals surface area contributed by atoms with E-state index in [9.17, 15) is 9.59 Å². The molecular formula is C13H22N2O3. The van der Waals surface area contributed by atoms with E-state index in [1.54, 1.807) is 0 Å². The van der Waals surface area contributed by atoms with E-state index in [-0.39, 0.29) is 12.5 Å². The molecule has 2 fully saturated rings. The van der Waals surface area contributed by atoms with E-state index in [1.165, 1.54) is 0 Å². The quantitative estimate of drug-likeness (QED) is 0.809. The first-order chi connectivity index (χ1) is 8.58. The molecule has 0 aliphatic carbocycles. The lowest BCUT2D eigenvalue weighted by Gasteiger charge is -2.32. The summed E-state index contributed by atoms with van der Waals surface area (Å²) in [5.74, 6) is -0.00442. The zero-order valence-corrected chi connectivity index (χ0v) is 11.0. The summed E-state index contributed by atoms with van der Waals surface area (Å²) in [4.78, 5) is 26.9. The monoisotopic (exact) mass is 254 g/mol. The van der Waals surface area contributed by atoms with Gasteiger partial charge in [-0.05, 0) is 38.1 Å². The van der Waals surface area contributed by atoms with Gasteiger partial charge in [-0.1, -0.05) is 6.92 Å². The van der Waals surface area contributed by atoms with Crippen molar-refractivity contribution in [1.82, 2.24) is 9.80 Å². The molecule has 2 saturated heterocycles. The van der Waals surface area contributed by atoms with E-state index in [1.807, 2.05) is 9.80 Å². The number of nitrogens with zero attached hydrogens (tertiary/aromatic N) is 2. The fraction of sp³-hybridized carbons (Fsp3) is 0.846. The number of amides is 1. The van der Waals surface area contributed by atoms with Gasteiger partial charge in [0.1, 0.15) is 6.04 Å². The van der Waals surface area contributed by atoms with Gasteiger partial charge in [0.15, 0.2) is 0 Å². The maximum Gasteiger partial charge on any atom is 0.320 e. The van der Waals surface area contributed by atoms with Crippen LogP contribution >= 0.6 is 0 Å². The molecule has 0 bridgehead atoms. The molecule has 0 radical (unpaired) electrons. The summed E-state index contributed by atoms with van der Waals surface area (Å²) in [6.45, 7) is 4.86. The van der Waals surface area contributed by atoms with Crippen molar-refractivity contribution in [2.45, 2.75) is 38.6 Å². The van der Waals surface area contributed by atoms with Crippen LogP contribution in [0.1, 0.15) is 32.6 Å². The van der Waals surface area contributed by atoms with E-state index in [0.717, 1.165) is 38.9 Å². The van der Waals surface area contributed by atoms with E-state index >= 15 is 0 Å². The fourth-order valence-electron chi connectivity index (χ4n) is 2.83. The second kappa shape index (κ2) is 5.69. The molecule has 0 spiro atoms. The molecule has 0 aromatic heterocycles. The number of piperidine rings is 1. The van der Waals surface area contributed by atoms with Gasteiger partial charge in [-0.3, -0.25) is 14.5 Å². The molecule has 102 valence electrons. The predicted octanol–water partition coefficient (Wildman–Crippen LogP) is 0.794. The molecule has 1 unspecified atom stereocenters. The van der Waals surface area contributed by atoms with Crippen LogP contribution in [0, 0.1) is 5.92 Å². The summed E-state index contributed by atoms with van der Waals surface area (Å²) < 4.78 is 0. The van der Waals surface area contributed by atoms with Gasteiger partial charge in [-0.15, -0.1) is 0 Å². The number of carboxylic acids is 1. The fourth-order valence-corrected chi connectivity index (χ4v) is 2.83. The van der Waals surface area contributed by atoms with Crippen LogP contribution in [0.3, 0.4) is 0 Å². The van der Waals surface area contributed by atoms with Crippen molar-refractivity contribution in [1.29, 1.82) is 0 Å². The minimum absolute atomic E-state index is 0.0926. The first kappa shape index (κ1) is 13.3. The second-order valence-corrected chi connectivity index (χ2v) is 5.53. The van der Waals surface area contributed by atoms with Crippen molar-refractivity contribution < 1.29 is 14.7 Å². The Morgan fingerprint density at radius 1 is 1.17 bits per heavy atom. The zero-order valence-electron chi connectivity index (χ0n) is 11.0. The van der Waals surface area contributed by atoms with Crippen LogP contribution in [0.25, 0.3) is 0 Å². The Morgan fingerprint density at radius 3 is 2.44 bits per heavy atom. The number of hydrogen-bond acceptors (Lipinski definition) is 3. The minimum atomic E-state index is -0.799. The second-order valence-electron chi connectivity index (χ2n) is 5.53. The number of carboxylic acid groups (broad SMARTS) is 1. The van der Waals surface area contributed by atoms with Gasteiger partial charge in [-0.25, -0.2) is 0 Å². The molecule has 0 aromatic rings. The Balaban J connectivity index is 1.85. The maximum absolute atomic E-state index is 12.1. The van der Waals surface area contributed by atoms with Gasteiger partial charge in [0.2, 0.25) is 5.91 Å². The summed E-state index contributed by atoms with van der Waals surface area (Å²) in [5.41, 5.74) is 0. The summed E-state index contributed by atoms with van der Waals surface area (Å²) in [5, 5.41) is 9.08. The molecule has 2 rings (SSSR count). The molecule has 2 aliphatic heterocycles. The van der Waals surface area contributed by atoms with Gasteiger partial charge in [0, 0.05) is 13.1 Å². The van der Waals surface area contributed by atoms with E-state index in [4.69, 9.17) is 5.11 Å². The van der Waals surface area contributed by atoms with E-state index in [0.29, 0.717) is 12.3 Å². The molecule has 18 heavy (non-hydrogen) atoms. The number of likely N-dealkylation sites (tertiary alicyclic amines) is 2. The van der Waals surface area contributed by atoms with Gasteiger partial charge in [0.05, 0.1) is 6.54 Å². The molecule has 1 N–H and O–H groups in total. The van der Waals surface area contributed by atoms with Crippen LogP contribution in [0.2, 0.25) is 0 Å². The van der Waals surface area contributed by atoms with Crippen molar-refractivity contribution in [3.63, 3.8) is 0 Å². The molecule has 2 heterocycles. The van der Waals surface area contributed by atoms with Crippen molar-refractivity contribution in [2.24, 2.45) is 5.92 Å². The zero-order chi connectivity index (χ0) is 13.1. The van der Waals surface area contributed by atoms with Crippen LogP contribution in [-0.2, 0) is 9.59 Å². The van der Waals surface area contributed by atoms with E-state index in [2.05, 4.69) is 6.92 Å². The third-order valence-corrected chi connectivity index (χ3v) is 4.12. The van der Waals surface area contributed by atoms with Gasteiger partial charge < -0.3 is 10.0 Å². The maximum atomic E-state index is 12.1. The number of rotatable bonds is 3. The molecule has 2 aliphatic rings. The predicted molar refractivity (Wildman–Crippen MR) is 67.2 cm³/mol. The largest absolute Gasteiger partial charge is 0.480 e. The highest BCUT2D eigenvalue weighted by molar-refractivity contribution is 5.80. The van der Waals surface area contributed by atoms with Gasteiger partial charge >= 0.3 is 5.97 Å². The molecule has 5 heteroatoms. The highest BCUT2D eigenvalue weighted by atomic mass is 16.4. The van der Waals surface area contributed by atoms with Crippen LogP contribution in [0.4, 0.5) is 0 Å². The molecule has 1 amide bonds. The number of carbonyl (C=O) groups excluding carboxylic acids is 1. The minimum Gasteiger partial charge on any atom is -0.480 e. The van der Waals surface area contributed by atoms with Crippen molar-refractivity contribution in [3.05, 3.63) is 0 Å². The number of aliphatic carboxylic acids is 1. The highest BCUT2D eigenvalue weighted by Crippen LogP contribution is 2.19. The van der Waals surface area contributed by atoms with Crippen molar-refractivity contribution >= 4 is 11.9 Å². The normalized spacial score (nSPS) is 26.5. The third kappa shape index (κ3) is 3.02. The lowest BCUT2D eigenvalue weighted by Crippen LogP contribution is -2.46. The van der Waals surface area contributed by atoms with Crippen LogP contribution in [0.15, 0.2) is 0 Å². The van der Waals surface area contributed by atoms with Gasteiger partial charge in [0.25, 0.3) is 0 Å². The number of hydrogen-bond donors (Lipinski definition) is 1. The highest BCUT2D eigenvalue weighted by Gasteiger charge is 2.33. The molecular weight excluding hydrogens is 232 g/mol. The van der Waals surface area contributed by atoms with Crippen LogP contribution in [-0.4, -0.2) is 59.0 Å².